The van der Waals surface area contributed by atoms with Crippen molar-refractivity contribution in [3.8, 4) is 0 Å². The Kier molecular flexibility index (Phi) is 3.59. The fraction of sp³-hybridized carbons (Fsp3) is 0.250. The summed E-state index contributed by atoms with van der Waals surface area (Å²) in [5, 5.41) is 17.0. The number of hydrogen-bond acceptors (Lipinski definition) is 4. The molecule has 0 saturated heterocycles. The van der Waals surface area contributed by atoms with Crippen molar-refractivity contribution in [2.45, 2.75) is 11.2 Å². The zero-order valence-corrected chi connectivity index (χ0v) is 8.11. The molecule has 0 aromatic heterocycles. The molecule has 5 nitrogen and oxygen atoms in total. The van der Waals surface area contributed by atoms with E-state index >= 15 is 0 Å². The highest BCUT2D eigenvalue weighted by Crippen LogP contribution is 2.06. The lowest BCUT2D eigenvalue weighted by atomic mass is 10.4. The van der Waals surface area contributed by atoms with Crippen molar-refractivity contribution in [3.63, 3.8) is 0 Å². The van der Waals surface area contributed by atoms with Crippen LogP contribution in [0.1, 0.15) is 0 Å². The van der Waals surface area contributed by atoms with Crippen LogP contribution in [0, 0.1) is 0 Å². The van der Waals surface area contributed by atoms with Gasteiger partial charge in [-0.2, -0.15) is 0 Å². The van der Waals surface area contributed by atoms with Crippen LogP contribution in [0.3, 0.4) is 0 Å². The van der Waals surface area contributed by atoms with E-state index in [1.54, 1.807) is 18.2 Å². The highest BCUT2D eigenvalue weighted by atomic mass is 32.2. The minimum Gasteiger partial charge on any atom is -0.367 e. The average molecular weight is 217 g/mol. The molecule has 0 amide bonds. The van der Waals surface area contributed by atoms with Crippen LogP contribution in [0.2, 0.25) is 0 Å². The molecule has 0 aliphatic carbocycles. The molecule has 0 spiro atoms. The van der Waals surface area contributed by atoms with E-state index < -0.39 is 22.9 Å². The van der Waals surface area contributed by atoms with E-state index in [9.17, 15) is 8.42 Å². The first-order valence-electron chi connectivity index (χ1n) is 3.93. The van der Waals surface area contributed by atoms with Crippen LogP contribution in [0.15, 0.2) is 35.2 Å². The van der Waals surface area contributed by atoms with Crippen LogP contribution in [0.5, 0.6) is 0 Å². The molecule has 0 aliphatic heterocycles. The Morgan fingerprint density at radius 2 is 1.79 bits per heavy atom. The number of aliphatic hydroxyl groups is 2. The van der Waals surface area contributed by atoms with Gasteiger partial charge in [0, 0.05) is 0 Å². The summed E-state index contributed by atoms with van der Waals surface area (Å²) in [5.41, 5.74) is 0. The molecule has 1 aromatic rings. The van der Waals surface area contributed by atoms with Gasteiger partial charge in [-0.25, -0.2) is 13.1 Å². The molecule has 6 heteroatoms. The second-order valence-corrected chi connectivity index (χ2v) is 4.41. The molecule has 0 atom stereocenters. The van der Waals surface area contributed by atoms with Crippen LogP contribution in [-0.4, -0.2) is 31.5 Å². The van der Waals surface area contributed by atoms with Crippen molar-refractivity contribution < 1.29 is 18.6 Å². The first-order valence-corrected chi connectivity index (χ1v) is 5.41. The van der Waals surface area contributed by atoms with Crippen molar-refractivity contribution >= 4 is 10.0 Å². The van der Waals surface area contributed by atoms with Gasteiger partial charge in [0.2, 0.25) is 10.0 Å². The van der Waals surface area contributed by atoms with E-state index in [4.69, 9.17) is 10.2 Å². The summed E-state index contributed by atoms with van der Waals surface area (Å²) < 4.78 is 24.9. The normalized spacial score (nSPS) is 11.9. The Balaban J connectivity index is 2.77. The molecular weight excluding hydrogens is 206 g/mol. The van der Waals surface area contributed by atoms with Gasteiger partial charge >= 0.3 is 0 Å². The van der Waals surface area contributed by atoms with Crippen LogP contribution >= 0.6 is 0 Å². The summed E-state index contributed by atoms with van der Waals surface area (Å²) in [7, 11) is -3.63. The lowest BCUT2D eigenvalue weighted by Gasteiger charge is -2.07. The summed E-state index contributed by atoms with van der Waals surface area (Å²) in [4.78, 5) is 0.0978. The monoisotopic (exact) mass is 217 g/mol. The van der Waals surface area contributed by atoms with Crippen LogP contribution in [-0.2, 0) is 10.0 Å². The number of aliphatic hydroxyl groups excluding tert-OH is 1. The molecule has 14 heavy (non-hydrogen) atoms. The Morgan fingerprint density at radius 3 is 2.29 bits per heavy atom. The van der Waals surface area contributed by atoms with Gasteiger partial charge in [-0.05, 0) is 12.1 Å². The van der Waals surface area contributed by atoms with Crippen LogP contribution < -0.4 is 4.72 Å². The summed E-state index contributed by atoms with van der Waals surface area (Å²) in [6, 6.07) is 7.71. The van der Waals surface area contributed by atoms with Crippen LogP contribution in [0.25, 0.3) is 0 Å². The molecule has 0 fully saturated rings. The minimum absolute atomic E-state index is 0.0978. The van der Waals surface area contributed by atoms with Crippen molar-refractivity contribution in [2.75, 3.05) is 6.54 Å². The maximum absolute atomic E-state index is 11.4. The third-order valence-electron chi connectivity index (χ3n) is 1.51. The van der Waals surface area contributed by atoms with Crippen molar-refractivity contribution in [1.29, 1.82) is 0 Å². The van der Waals surface area contributed by atoms with Gasteiger partial charge in [-0.3, -0.25) is 0 Å². The summed E-state index contributed by atoms with van der Waals surface area (Å²) in [6.07, 6.45) is -1.69. The third-order valence-corrected chi connectivity index (χ3v) is 2.95. The Bertz CT molecular complexity index is 374. The van der Waals surface area contributed by atoms with E-state index in [1.807, 2.05) is 4.72 Å². The lowest BCUT2D eigenvalue weighted by molar-refractivity contribution is -0.0335. The van der Waals surface area contributed by atoms with E-state index in [0.717, 1.165) is 0 Å². The van der Waals surface area contributed by atoms with Gasteiger partial charge in [-0.1, -0.05) is 18.2 Å². The van der Waals surface area contributed by atoms with E-state index in [-0.39, 0.29) is 4.90 Å². The first-order chi connectivity index (χ1) is 6.52. The van der Waals surface area contributed by atoms with Crippen molar-refractivity contribution in [3.05, 3.63) is 30.3 Å². The summed E-state index contributed by atoms with van der Waals surface area (Å²) in [5.74, 6) is 0. The predicted molar refractivity (Wildman–Crippen MR) is 49.9 cm³/mol. The molecule has 0 unspecified atom stereocenters. The van der Waals surface area contributed by atoms with Gasteiger partial charge in [0.25, 0.3) is 0 Å². The molecule has 0 heterocycles. The number of hydrogen-bond donors (Lipinski definition) is 3. The number of nitrogens with one attached hydrogen (secondary N) is 1. The van der Waals surface area contributed by atoms with Gasteiger partial charge in [0.1, 0.15) is 0 Å². The molecule has 0 bridgehead atoms. The van der Waals surface area contributed by atoms with E-state index in [1.165, 1.54) is 12.1 Å². The SMILES string of the molecule is O=S(=O)(NCC(O)O)c1ccccc1. The maximum atomic E-state index is 11.4. The number of rotatable bonds is 4. The quantitative estimate of drug-likeness (QED) is 0.581. The molecule has 78 valence electrons. The fourth-order valence-electron chi connectivity index (χ4n) is 0.867. The second kappa shape index (κ2) is 4.52. The van der Waals surface area contributed by atoms with Gasteiger partial charge in [0.05, 0.1) is 11.4 Å². The highest BCUT2D eigenvalue weighted by molar-refractivity contribution is 7.89. The summed E-state index contributed by atoms with van der Waals surface area (Å²) >= 11 is 0. The Hall–Kier alpha value is -0.950. The highest BCUT2D eigenvalue weighted by Gasteiger charge is 2.13. The minimum atomic E-state index is -3.63. The van der Waals surface area contributed by atoms with Crippen molar-refractivity contribution in [1.82, 2.24) is 4.72 Å². The molecule has 0 aliphatic rings. The smallest absolute Gasteiger partial charge is 0.240 e. The predicted octanol–water partition coefficient (Wildman–Crippen LogP) is -0.724. The zero-order valence-electron chi connectivity index (χ0n) is 7.29. The van der Waals surface area contributed by atoms with Gasteiger partial charge in [0.15, 0.2) is 6.29 Å². The van der Waals surface area contributed by atoms with Gasteiger partial charge < -0.3 is 10.2 Å². The molecule has 0 radical (unpaired) electrons. The largest absolute Gasteiger partial charge is 0.367 e. The number of sulfonamides is 1. The molecule has 1 rings (SSSR count). The topological polar surface area (TPSA) is 86.6 Å². The van der Waals surface area contributed by atoms with Crippen molar-refractivity contribution in [2.24, 2.45) is 0 Å². The molecule has 1 aromatic carbocycles. The zero-order chi connectivity index (χ0) is 10.6. The summed E-state index contributed by atoms with van der Waals surface area (Å²) in [6.45, 7) is -0.419. The van der Waals surface area contributed by atoms with E-state index in [0.29, 0.717) is 0 Å². The van der Waals surface area contributed by atoms with Crippen LogP contribution in [0.4, 0.5) is 0 Å². The second-order valence-electron chi connectivity index (χ2n) is 2.65. The Morgan fingerprint density at radius 1 is 1.21 bits per heavy atom. The first kappa shape index (κ1) is 11.1. The number of benzene rings is 1. The Labute approximate surface area is 82.1 Å². The lowest BCUT2D eigenvalue weighted by Crippen LogP contribution is -2.31. The fourth-order valence-corrected chi connectivity index (χ4v) is 1.92. The van der Waals surface area contributed by atoms with E-state index in [2.05, 4.69) is 0 Å². The standard InChI is InChI=1S/C8H11NO4S/c10-8(11)6-9-14(12,13)7-4-2-1-3-5-7/h1-5,8-11H,6H2. The average Bonchev–Trinajstić information content (AvgIpc) is 2.16. The maximum Gasteiger partial charge on any atom is 0.240 e. The third kappa shape index (κ3) is 3.08. The molecular formula is C8H11NO4S. The molecule has 3 N–H and O–H groups in total. The molecule has 0 saturated carbocycles. The van der Waals surface area contributed by atoms with Gasteiger partial charge in [-0.15, -0.1) is 0 Å².